The third-order valence-corrected chi connectivity index (χ3v) is 2.41. The molecule has 0 aliphatic rings. The molecular weight excluding hydrogens is 190 g/mol. The summed E-state index contributed by atoms with van der Waals surface area (Å²) in [7, 11) is 0. The molecule has 0 saturated carbocycles. The monoisotopic (exact) mass is 211 g/mol. The fraction of sp³-hybridized carbons (Fsp3) is 0.727. The minimum atomic E-state index is -0.191. The number of nitrogens with two attached hydrogens (primary N) is 1. The van der Waals surface area contributed by atoms with Gasteiger partial charge in [0.2, 0.25) is 0 Å². The molecule has 1 heterocycles. The molecule has 0 saturated heterocycles. The summed E-state index contributed by atoms with van der Waals surface area (Å²) in [6.07, 6.45) is 8.19. The van der Waals surface area contributed by atoms with E-state index < -0.39 is 0 Å². The fourth-order valence-corrected chi connectivity index (χ4v) is 1.51. The summed E-state index contributed by atoms with van der Waals surface area (Å²) in [5.41, 5.74) is 6.60. The average molecular weight is 211 g/mol. The van der Waals surface area contributed by atoms with Crippen molar-refractivity contribution >= 4 is 0 Å². The van der Waals surface area contributed by atoms with Crippen molar-refractivity contribution in [2.24, 2.45) is 5.73 Å². The van der Waals surface area contributed by atoms with Gasteiger partial charge in [-0.05, 0) is 6.42 Å². The molecule has 0 spiro atoms. The first kappa shape index (κ1) is 12.2. The maximum absolute atomic E-state index is 8.82. The van der Waals surface area contributed by atoms with Crippen molar-refractivity contribution in [3.63, 3.8) is 0 Å². The predicted molar refractivity (Wildman–Crippen MR) is 60.5 cm³/mol. The Bertz CT molecular complexity index is 273. The lowest BCUT2D eigenvalue weighted by Gasteiger charge is -2.04. The molecule has 0 amide bonds. The highest BCUT2D eigenvalue weighted by atomic mass is 16.3. The van der Waals surface area contributed by atoms with Gasteiger partial charge in [-0.2, -0.15) is 0 Å². The number of aryl methyl sites for hydroxylation is 1. The molecule has 0 unspecified atom stereocenters. The van der Waals surface area contributed by atoms with Crippen LogP contribution in [0.25, 0.3) is 0 Å². The highest BCUT2D eigenvalue weighted by Gasteiger charge is 2.04. The summed E-state index contributed by atoms with van der Waals surface area (Å²) in [6, 6.07) is -0.191. The maximum Gasteiger partial charge on any atom is 0.0949 e. The van der Waals surface area contributed by atoms with E-state index >= 15 is 0 Å². The molecule has 0 aliphatic heterocycles. The second-order valence-electron chi connectivity index (χ2n) is 3.96. The quantitative estimate of drug-likeness (QED) is 0.660. The van der Waals surface area contributed by atoms with E-state index in [-0.39, 0.29) is 12.6 Å². The van der Waals surface area contributed by atoms with Crippen molar-refractivity contribution in [1.29, 1.82) is 0 Å². The smallest absolute Gasteiger partial charge is 0.0949 e. The van der Waals surface area contributed by atoms with Gasteiger partial charge in [-0.25, -0.2) is 4.98 Å². The normalized spacial score (nSPS) is 13.0. The van der Waals surface area contributed by atoms with Gasteiger partial charge < -0.3 is 15.4 Å². The van der Waals surface area contributed by atoms with Crippen LogP contribution in [0.3, 0.4) is 0 Å². The number of unbranched alkanes of at least 4 members (excludes halogenated alkanes) is 2. The standard InChI is InChI=1S/C11H21N3O/c1-2-3-4-5-14-7-11(13-9-14)6-10(12)8-15/h7,9-10,15H,2-6,8,12H2,1H3/t10-/m1/s1. The van der Waals surface area contributed by atoms with Gasteiger partial charge in [0.25, 0.3) is 0 Å². The third-order valence-electron chi connectivity index (χ3n) is 2.41. The number of hydrogen-bond acceptors (Lipinski definition) is 3. The van der Waals surface area contributed by atoms with E-state index in [1.54, 1.807) is 0 Å². The molecule has 0 radical (unpaired) electrons. The Balaban J connectivity index is 2.35. The van der Waals surface area contributed by atoms with Crippen molar-refractivity contribution in [2.45, 2.75) is 45.2 Å². The number of hydrogen-bond donors (Lipinski definition) is 2. The van der Waals surface area contributed by atoms with Gasteiger partial charge in [0.1, 0.15) is 0 Å². The summed E-state index contributed by atoms with van der Waals surface area (Å²) in [4.78, 5) is 4.25. The lowest BCUT2D eigenvalue weighted by Crippen LogP contribution is -2.26. The Morgan fingerprint density at radius 1 is 1.53 bits per heavy atom. The van der Waals surface area contributed by atoms with Gasteiger partial charge >= 0.3 is 0 Å². The number of aliphatic hydroxyl groups excluding tert-OH is 1. The molecular formula is C11H21N3O. The lowest BCUT2D eigenvalue weighted by atomic mass is 10.2. The zero-order chi connectivity index (χ0) is 11.1. The topological polar surface area (TPSA) is 64.1 Å². The van der Waals surface area contributed by atoms with Crippen LogP contribution >= 0.6 is 0 Å². The van der Waals surface area contributed by atoms with Crippen LogP contribution in [0.1, 0.15) is 31.9 Å². The van der Waals surface area contributed by atoms with Crippen LogP contribution in [0.15, 0.2) is 12.5 Å². The van der Waals surface area contributed by atoms with Crippen molar-refractivity contribution in [1.82, 2.24) is 9.55 Å². The second kappa shape index (κ2) is 6.58. The minimum absolute atomic E-state index is 0.0166. The minimum Gasteiger partial charge on any atom is -0.395 e. The first-order valence-corrected chi connectivity index (χ1v) is 5.63. The van der Waals surface area contributed by atoms with Gasteiger partial charge in [-0.15, -0.1) is 0 Å². The van der Waals surface area contributed by atoms with E-state index in [2.05, 4.69) is 16.5 Å². The summed E-state index contributed by atoms with van der Waals surface area (Å²) in [6.45, 7) is 3.23. The number of rotatable bonds is 7. The van der Waals surface area contributed by atoms with E-state index in [9.17, 15) is 0 Å². The number of nitrogens with zero attached hydrogens (tertiary/aromatic N) is 2. The summed E-state index contributed by atoms with van der Waals surface area (Å²) >= 11 is 0. The van der Waals surface area contributed by atoms with Gasteiger partial charge in [0.15, 0.2) is 0 Å². The first-order chi connectivity index (χ1) is 7.26. The molecule has 1 rings (SSSR count). The summed E-state index contributed by atoms with van der Waals surface area (Å²) < 4.78 is 2.09. The SMILES string of the molecule is CCCCCn1cnc(C[C@@H](N)CO)c1. The maximum atomic E-state index is 8.82. The van der Waals surface area contributed by atoms with Crippen LogP contribution in [-0.2, 0) is 13.0 Å². The van der Waals surface area contributed by atoms with Crippen LogP contribution in [0, 0.1) is 0 Å². The van der Waals surface area contributed by atoms with Crippen molar-refractivity contribution < 1.29 is 5.11 Å². The lowest BCUT2D eigenvalue weighted by molar-refractivity contribution is 0.264. The Morgan fingerprint density at radius 3 is 3.00 bits per heavy atom. The largest absolute Gasteiger partial charge is 0.395 e. The molecule has 86 valence electrons. The van der Waals surface area contributed by atoms with Gasteiger partial charge in [-0.3, -0.25) is 0 Å². The van der Waals surface area contributed by atoms with E-state index in [0.717, 1.165) is 12.2 Å². The van der Waals surface area contributed by atoms with E-state index in [1.807, 2.05) is 12.5 Å². The number of aliphatic hydroxyl groups is 1. The molecule has 3 N–H and O–H groups in total. The van der Waals surface area contributed by atoms with Gasteiger partial charge in [-0.1, -0.05) is 19.8 Å². The average Bonchev–Trinajstić information content (AvgIpc) is 2.66. The predicted octanol–water partition coefficient (Wildman–Crippen LogP) is 0.935. The van der Waals surface area contributed by atoms with Crippen LogP contribution < -0.4 is 5.73 Å². The van der Waals surface area contributed by atoms with Crippen molar-refractivity contribution in [3.05, 3.63) is 18.2 Å². The molecule has 0 aliphatic carbocycles. The van der Waals surface area contributed by atoms with Crippen LogP contribution in [0.2, 0.25) is 0 Å². The Kier molecular flexibility index (Phi) is 5.36. The molecule has 4 nitrogen and oxygen atoms in total. The zero-order valence-electron chi connectivity index (χ0n) is 9.39. The molecule has 0 fully saturated rings. The number of imidazole rings is 1. The van der Waals surface area contributed by atoms with E-state index in [1.165, 1.54) is 19.3 Å². The van der Waals surface area contributed by atoms with Crippen molar-refractivity contribution in [3.8, 4) is 0 Å². The Labute approximate surface area is 91.1 Å². The highest BCUT2D eigenvalue weighted by molar-refractivity contribution is 4.99. The highest BCUT2D eigenvalue weighted by Crippen LogP contribution is 2.03. The molecule has 1 aromatic heterocycles. The summed E-state index contributed by atoms with van der Waals surface area (Å²) in [5, 5.41) is 8.82. The number of aromatic nitrogens is 2. The molecule has 0 aromatic carbocycles. The van der Waals surface area contributed by atoms with E-state index in [0.29, 0.717) is 6.42 Å². The Morgan fingerprint density at radius 2 is 2.33 bits per heavy atom. The van der Waals surface area contributed by atoms with E-state index in [4.69, 9.17) is 10.8 Å². The van der Waals surface area contributed by atoms with Crippen molar-refractivity contribution in [2.75, 3.05) is 6.61 Å². The van der Waals surface area contributed by atoms with Crippen LogP contribution in [0.5, 0.6) is 0 Å². The van der Waals surface area contributed by atoms with Crippen LogP contribution in [0.4, 0.5) is 0 Å². The fourth-order valence-electron chi connectivity index (χ4n) is 1.51. The first-order valence-electron chi connectivity index (χ1n) is 5.63. The third kappa shape index (κ3) is 4.44. The summed E-state index contributed by atoms with van der Waals surface area (Å²) in [5.74, 6) is 0. The zero-order valence-corrected chi connectivity index (χ0v) is 9.39. The Hall–Kier alpha value is -0.870. The molecule has 0 bridgehead atoms. The second-order valence-corrected chi connectivity index (χ2v) is 3.96. The molecule has 4 heteroatoms. The van der Waals surface area contributed by atoms with Gasteiger partial charge in [0, 0.05) is 25.2 Å². The molecule has 1 atom stereocenters. The van der Waals surface area contributed by atoms with Crippen LogP contribution in [-0.4, -0.2) is 27.3 Å². The molecule has 15 heavy (non-hydrogen) atoms. The molecule has 1 aromatic rings. The van der Waals surface area contributed by atoms with Gasteiger partial charge in [0.05, 0.1) is 18.6 Å².